The fraction of sp³-hybridized carbons (Fsp3) is 0.462. The highest BCUT2D eigenvalue weighted by Crippen LogP contribution is 2.42. The second kappa shape index (κ2) is 33.4. The van der Waals surface area contributed by atoms with Gasteiger partial charge in [0.2, 0.25) is 0 Å². The van der Waals surface area contributed by atoms with Crippen LogP contribution in [0.4, 0.5) is 0 Å². The Balaban J connectivity index is 0.965. The first-order chi connectivity index (χ1) is 46.4. The third-order valence-corrected chi connectivity index (χ3v) is 18.3. The summed E-state index contributed by atoms with van der Waals surface area (Å²) in [5.74, 6) is -1.65. The van der Waals surface area contributed by atoms with E-state index >= 15 is 0 Å². The van der Waals surface area contributed by atoms with Crippen LogP contribution in [0.25, 0.3) is 0 Å². The fourth-order valence-corrected chi connectivity index (χ4v) is 13.2. The van der Waals surface area contributed by atoms with Gasteiger partial charge in [0.05, 0.1) is 83.9 Å². The van der Waals surface area contributed by atoms with E-state index < -0.39 is 128 Å². The van der Waals surface area contributed by atoms with Gasteiger partial charge in [-0.3, -0.25) is 0 Å². The standard InChI is InChI=1S/C78H92O17/c1-51-64(79)68-63(50-87-78(5,6)95-68)90-75(51)94-74-72(66(82-44-57-32-18-9-19-33-57)53(3)89-77(74)92-67-54(4)88-52(2)65(81-43-56-30-16-8-17-31-56)70(67)84-46-59-36-22-11-23-37-59)93-76-73(86-48-61-40-26-13-27-41-61)71(85-47-60-38-24-12-25-39-60)69(83-45-58-34-20-10-21-35-58)62(91-76)49-80-42-55-28-14-7-15-29-55/h7-41,51-54,62-77,79H,42-50H2,1-6H3/t51-,52?,53?,54+,62-,63?,64?,65+,66+,67?,68+,69-,70-,71?,72-,73?,74?,75+,76-,77+/m1/s1. The Hall–Kier alpha value is -6.14. The maximum atomic E-state index is 12.4. The Bertz CT molecular complexity index is 3320. The average molecular weight is 1300 g/mol. The molecule has 0 aromatic heterocycles. The zero-order valence-electron chi connectivity index (χ0n) is 55.1. The molecule has 5 heterocycles. The van der Waals surface area contributed by atoms with Gasteiger partial charge < -0.3 is 80.9 Å². The molecule has 0 bridgehead atoms. The van der Waals surface area contributed by atoms with Gasteiger partial charge in [0.25, 0.3) is 0 Å². The van der Waals surface area contributed by atoms with Crippen LogP contribution in [0.5, 0.6) is 0 Å². The van der Waals surface area contributed by atoms with Crippen LogP contribution in [-0.2, 0) is 122 Å². The maximum absolute atomic E-state index is 12.4. The molecule has 17 heteroatoms. The van der Waals surface area contributed by atoms with Crippen LogP contribution < -0.4 is 0 Å². The number of rotatable bonds is 28. The Morgan fingerprint density at radius 1 is 0.358 bits per heavy atom. The molecular weight excluding hydrogens is 1210 g/mol. The first-order valence-corrected chi connectivity index (χ1v) is 33.5. The van der Waals surface area contributed by atoms with Gasteiger partial charge in [-0.15, -0.1) is 0 Å². The Morgan fingerprint density at radius 3 is 1.17 bits per heavy atom. The third-order valence-electron chi connectivity index (χ3n) is 18.3. The number of ether oxygens (including phenoxy) is 16. The SMILES string of the molecule is CC1O[C@@H](OC2[C@H](C)OC(C)[C@H](OCc3ccccc3)[C@H]2OCc2ccccc2)C(O[C@@H]2OC3COC(C)(C)O[C@@H]3C(O)[C@H]2C)[C@H](O[C@H]2O[C@H](COCc3ccccc3)[C@@H](OCc3ccccc3)C(OCc3ccccc3)C2OCc2ccccc2)[C@H]1OCc1ccccc1. The number of benzene rings is 7. The summed E-state index contributed by atoms with van der Waals surface area (Å²) in [6.07, 6.45) is -16.9. The largest absolute Gasteiger partial charge is 0.390 e. The summed E-state index contributed by atoms with van der Waals surface area (Å²) in [7, 11) is 0. The third kappa shape index (κ3) is 18.2. The minimum Gasteiger partial charge on any atom is -0.390 e. The molecule has 20 atom stereocenters. The molecule has 95 heavy (non-hydrogen) atoms. The van der Waals surface area contributed by atoms with Gasteiger partial charge in [-0.1, -0.05) is 219 Å². The number of hydrogen-bond donors (Lipinski definition) is 1. The van der Waals surface area contributed by atoms with Crippen molar-refractivity contribution in [3.8, 4) is 0 Å². The molecule has 17 nitrogen and oxygen atoms in total. The molecular formula is C78H92O17. The van der Waals surface area contributed by atoms with Crippen LogP contribution in [0.2, 0.25) is 0 Å². The summed E-state index contributed by atoms with van der Waals surface area (Å²) in [6.45, 7) is 13.2. The topological polar surface area (TPSA) is 168 Å². The van der Waals surface area contributed by atoms with E-state index in [1.807, 2.05) is 254 Å². The molecule has 12 rings (SSSR count). The molecule has 7 aromatic rings. The second-order valence-electron chi connectivity index (χ2n) is 25.9. The van der Waals surface area contributed by atoms with Crippen LogP contribution in [0.1, 0.15) is 80.5 Å². The quantitative estimate of drug-likeness (QED) is 0.0491. The van der Waals surface area contributed by atoms with E-state index in [1.165, 1.54) is 0 Å². The fourth-order valence-electron chi connectivity index (χ4n) is 13.2. The number of hydrogen-bond acceptors (Lipinski definition) is 17. The second-order valence-corrected chi connectivity index (χ2v) is 25.9. The first-order valence-electron chi connectivity index (χ1n) is 33.5. The highest BCUT2D eigenvalue weighted by atomic mass is 16.8. The van der Waals surface area contributed by atoms with Crippen molar-refractivity contribution in [2.45, 2.75) is 210 Å². The number of aliphatic hydroxyl groups is 1. The van der Waals surface area contributed by atoms with Gasteiger partial charge in [0.15, 0.2) is 24.7 Å². The van der Waals surface area contributed by atoms with Crippen molar-refractivity contribution in [3.05, 3.63) is 251 Å². The monoisotopic (exact) mass is 1300 g/mol. The molecule has 0 radical (unpaired) electrons. The molecule has 1 N–H and O–H groups in total. The molecule has 5 aliphatic rings. The molecule has 8 unspecified atom stereocenters. The van der Waals surface area contributed by atoms with Crippen molar-refractivity contribution in [1.29, 1.82) is 0 Å². The summed E-state index contributed by atoms with van der Waals surface area (Å²) in [5, 5.41) is 12.4. The zero-order valence-corrected chi connectivity index (χ0v) is 55.1. The normalized spacial score (nSPS) is 32.3. The van der Waals surface area contributed by atoms with Gasteiger partial charge in [-0.05, 0) is 73.6 Å². The predicted octanol–water partition coefficient (Wildman–Crippen LogP) is 12.0. The highest BCUT2D eigenvalue weighted by Gasteiger charge is 2.58. The lowest BCUT2D eigenvalue weighted by atomic mass is 9.91. The van der Waals surface area contributed by atoms with Gasteiger partial charge in [-0.25, -0.2) is 0 Å². The van der Waals surface area contributed by atoms with Crippen molar-refractivity contribution in [3.63, 3.8) is 0 Å². The molecule has 506 valence electrons. The van der Waals surface area contributed by atoms with E-state index in [4.69, 9.17) is 75.8 Å². The summed E-state index contributed by atoms with van der Waals surface area (Å²) >= 11 is 0. The van der Waals surface area contributed by atoms with E-state index in [9.17, 15) is 5.11 Å². The minimum atomic E-state index is -1.28. The van der Waals surface area contributed by atoms with E-state index in [1.54, 1.807) is 0 Å². The Morgan fingerprint density at radius 2 is 0.705 bits per heavy atom. The lowest BCUT2D eigenvalue weighted by Crippen LogP contribution is -2.68. The van der Waals surface area contributed by atoms with Gasteiger partial charge in [-0.2, -0.15) is 0 Å². The molecule has 0 spiro atoms. The van der Waals surface area contributed by atoms with E-state index in [2.05, 4.69) is 0 Å². The van der Waals surface area contributed by atoms with Gasteiger partial charge >= 0.3 is 0 Å². The van der Waals surface area contributed by atoms with E-state index in [0.717, 1.165) is 38.9 Å². The zero-order chi connectivity index (χ0) is 65.5. The molecule has 5 saturated heterocycles. The Labute approximate surface area is 558 Å². The number of aliphatic hydroxyl groups excluding tert-OH is 1. The van der Waals surface area contributed by atoms with Gasteiger partial charge in [0, 0.05) is 5.92 Å². The van der Waals surface area contributed by atoms with E-state index in [-0.39, 0.29) is 52.9 Å². The summed E-state index contributed by atoms with van der Waals surface area (Å²) < 4.78 is 113. The van der Waals surface area contributed by atoms with E-state index in [0.29, 0.717) is 6.61 Å². The van der Waals surface area contributed by atoms with Crippen molar-refractivity contribution < 1.29 is 80.9 Å². The molecule has 7 aromatic carbocycles. The van der Waals surface area contributed by atoms with Crippen molar-refractivity contribution >= 4 is 0 Å². The van der Waals surface area contributed by atoms with Gasteiger partial charge in [0.1, 0.15) is 73.2 Å². The first kappa shape index (κ1) is 68.8. The Kier molecular flexibility index (Phi) is 24.2. The van der Waals surface area contributed by atoms with Crippen LogP contribution in [0.3, 0.4) is 0 Å². The smallest absolute Gasteiger partial charge is 0.187 e. The van der Waals surface area contributed by atoms with Crippen molar-refractivity contribution in [1.82, 2.24) is 0 Å². The predicted molar refractivity (Wildman–Crippen MR) is 353 cm³/mol. The summed E-state index contributed by atoms with van der Waals surface area (Å²) in [5.41, 5.74) is 6.66. The highest BCUT2D eigenvalue weighted by molar-refractivity contribution is 5.19. The maximum Gasteiger partial charge on any atom is 0.187 e. The summed E-state index contributed by atoms with van der Waals surface area (Å²) in [4.78, 5) is 0. The van der Waals surface area contributed by atoms with Crippen LogP contribution in [0, 0.1) is 5.92 Å². The molecule has 5 fully saturated rings. The van der Waals surface area contributed by atoms with Crippen molar-refractivity contribution in [2.24, 2.45) is 5.92 Å². The average Bonchev–Trinajstić information content (AvgIpc) is 0.773. The molecule has 0 aliphatic carbocycles. The van der Waals surface area contributed by atoms with Crippen LogP contribution in [0.15, 0.2) is 212 Å². The van der Waals surface area contributed by atoms with Crippen LogP contribution >= 0.6 is 0 Å². The lowest BCUT2D eigenvalue weighted by molar-refractivity contribution is -0.416. The lowest BCUT2D eigenvalue weighted by Gasteiger charge is -2.53. The number of fused-ring (bicyclic) bond motifs is 1. The summed E-state index contributed by atoms with van der Waals surface area (Å²) in [6, 6.07) is 70.0. The molecule has 0 saturated carbocycles. The minimum absolute atomic E-state index is 0.0687. The van der Waals surface area contributed by atoms with Crippen molar-refractivity contribution in [2.75, 3.05) is 13.2 Å². The van der Waals surface area contributed by atoms with Crippen LogP contribution in [-0.4, -0.2) is 141 Å². The molecule has 5 aliphatic heterocycles. The molecule has 0 amide bonds.